The smallest absolute Gasteiger partial charge is 0.185 e. The van der Waals surface area contributed by atoms with Gasteiger partial charge < -0.3 is 18.1 Å². The van der Waals surface area contributed by atoms with Crippen LogP contribution in [0.4, 0.5) is 0 Å². The fourth-order valence-corrected chi connectivity index (χ4v) is 14.6. The van der Waals surface area contributed by atoms with Gasteiger partial charge in [-0.2, -0.15) is 0 Å². The lowest BCUT2D eigenvalue weighted by molar-refractivity contribution is -0.183. The van der Waals surface area contributed by atoms with Crippen LogP contribution in [0.2, 0.25) is 58.9 Å². The molecule has 3 unspecified atom stereocenters. The molecule has 0 radical (unpaired) electrons. The van der Waals surface area contributed by atoms with E-state index in [2.05, 4.69) is 104 Å². The Labute approximate surface area is 279 Å². The van der Waals surface area contributed by atoms with E-state index in [1.54, 1.807) is 0 Å². The first-order valence-electron chi connectivity index (χ1n) is 18.0. The van der Waals surface area contributed by atoms with Crippen molar-refractivity contribution in [3.8, 4) is 0 Å². The molecule has 0 spiro atoms. The van der Waals surface area contributed by atoms with Crippen LogP contribution in [0.15, 0.2) is 35.5 Å². The molecule has 0 amide bonds. The molecule has 0 aromatic heterocycles. The molecule has 45 heavy (non-hydrogen) atoms. The Morgan fingerprint density at radius 3 is 2.11 bits per heavy atom. The van der Waals surface area contributed by atoms with Gasteiger partial charge in [-0.15, -0.1) is 0 Å². The van der Waals surface area contributed by atoms with Crippen molar-refractivity contribution < 1.29 is 18.1 Å². The van der Waals surface area contributed by atoms with Crippen LogP contribution in [0.3, 0.4) is 0 Å². The highest BCUT2D eigenvalue weighted by Crippen LogP contribution is 2.70. The van der Waals surface area contributed by atoms with Crippen molar-refractivity contribution in [2.75, 3.05) is 0 Å². The lowest BCUT2D eigenvalue weighted by Crippen LogP contribution is -2.65. The van der Waals surface area contributed by atoms with Gasteiger partial charge in [0.25, 0.3) is 0 Å². The topological polar surface area (TPSA) is 49.3 Å². The zero-order valence-corrected chi connectivity index (χ0v) is 33.8. The van der Waals surface area contributed by atoms with Crippen LogP contribution in [0, 0.1) is 34.5 Å². The maximum Gasteiger partial charge on any atom is 0.185 e. The van der Waals surface area contributed by atoms with E-state index in [1.165, 1.54) is 38.5 Å². The number of hydrogen-bond acceptors (Lipinski definition) is 5. The number of benzene rings is 1. The highest BCUT2D eigenvalue weighted by atomic mass is 28.4. The second kappa shape index (κ2) is 12.6. The fraction of sp³-hybridized carbons (Fsp3) is 0.811. The van der Waals surface area contributed by atoms with Gasteiger partial charge in [-0.1, -0.05) is 49.3 Å². The van der Waals surface area contributed by atoms with Gasteiger partial charge in [-0.3, -0.25) is 0 Å². The summed E-state index contributed by atoms with van der Waals surface area (Å²) in [5.41, 5.74) is 2.00. The number of fused-ring (bicyclic) bond motifs is 5. The van der Waals surface area contributed by atoms with E-state index in [4.69, 9.17) is 23.3 Å². The quantitative estimate of drug-likeness (QED) is 0.141. The summed E-state index contributed by atoms with van der Waals surface area (Å²) in [6.45, 7) is 29.2. The molecule has 0 bridgehead atoms. The second-order valence-electron chi connectivity index (χ2n) is 18.6. The minimum atomic E-state index is -1.95. The Morgan fingerprint density at radius 1 is 0.822 bits per heavy atom. The van der Waals surface area contributed by atoms with Gasteiger partial charge >= 0.3 is 0 Å². The normalized spacial score (nSPS) is 39.2. The van der Waals surface area contributed by atoms with Crippen LogP contribution in [0.25, 0.3) is 0 Å². The van der Waals surface area contributed by atoms with E-state index in [1.807, 2.05) is 6.07 Å². The van der Waals surface area contributed by atoms with E-state index >= 15 is 0 Å². The van der Waals surface area contributed by atoms with Gasteiger partial charge in [0, 0.05) is 17.6 Å². The van der Waals surface area contributed by atoms with Crippen molar-refractivity contribution in [3.05, 3.63) is 35.9 Å². The van der Waals surface area contributed by atoms with Crippen molar-refractivity contribution in [2.45, 2.75) is 155 Å². The Morgan fingerprint density at radius 2 is 1.49 bits per heavy atom. The standard InChI is InChI=1S/C37H65NO4Si3/c1-27(38-39-26-28-16-14-13-15-17-28)37(42-45(10,11)12)23-21-32-31-19-18-29-24-30(40-43(4,5)6)20-22-35(29,2)34(31)33(25-36(32,37)3)41-44(7,8)9/h13-17,29-34H,18-26H2,1-12H3/b38-27+/t29?,30?,31-,32-,33?,34+,35-,36-,37-/m0/s1. The van der Waals surface area contributed by atoms with Crippen LogP contribution in [0.5, 0.6) is 0 Å². The van der Waals surface area contributed by atoms with Gasteiger partial charge in [0.05, 0.1) is 5.71 Å². The predicted molar refractivity (Wildman–Crippen MR) is 195 cm³/mol. The molecule has 9 atom stereocenters. The number of oxime groups is 1. The molecule has 254 valence electrons. The highest BCUT2D eigenvalue weighted by Gasteiger charge is 2.69. The van der Waals surface area contributed by atoms with Crippen molar-refractivity contribution in [2.24, 2.45) is 39.7 Å². The minimum Gasteiger partial charge on any atom is -0.415 e. The first-order valence-corrected chi connectivity index (χ1v) is 28.3. The maximum absolute atomic E-state index is 7.44. The molecule has 0 aliphatic heterocycles. The van der Waals surface area contributed by atoms with Crippen molar-refractivity contribution in [1.82, 2.24) is 0 Å². The minimum absolute atomic E-state index is 0.0518. The van der Waals surface area contributed by atoms with Crippen molar-refractivity contribution in [1.29, 1.82) is 0 Å². The summed E-state index contributed by atoms with van der Waals surface area (Å²) in [6.07, 6.45) is 10.3. The van der Waals surface area contributed by atoms with E-state index in [9.17, 15) is 0 Å². The first-order chi connectivity index (χ1) is 20.8. The third kappa shape index (κ3) is 7.31. The Kier molecular flexibility index (Phi) is 9.94. The van der Waals surface area contributed by atoms with Gasteiger partial charge in [-0.25, -0.2) is 0 Å². The number of rotatable bonds is 10. The van der Waals surface area contributed by atoms with Crippen LogP contribution in [0.1, 0.15) is 77.7 Å². The molecule has 4 aliphatic carbocycles. The molecule has 5 nitrogen and oxygen atoms in total. The SMILES string of the molecule is C/C(=N\OCc1ccccc1)[C@@]1(O[Si](C)(C)C)CC[C@H]2[C@@H]3CCC4CC(O[Si](C)(C)C)CC[C@]4(C)[C@H]3C(O[Si](C)(C)C)C[C@@]21C. The molecular weight excluding hydrogens is 607 g/mol. The molecule has 8 heteroatoms. The van der Waals surface area contributed by atoms with Gasteiger partial charge in [0.15, 0.2) is 25.0 Å². The second-order valence-corrected chi connectivity index (χ2v) is 32.0. The molecule has 0 heterocycles. The molecule has 1 aromatic rings. The molecule has 5 rings (SSSR count). The molecule has 4 aliphatic rings. The summed E-state index contributed by atoms with van der Waals surface area (Å²) >= 11 is 0. The largest absolute Gasteiger partial charge is 0.415 e. The Bertz CT molecular complexity index is 1210. The summed E-state index contributed by atoms with van der Waals surface area (Å²) < 4.78 is 21.6. The average molecular weight is 672 g/mol. The van der Waals surface area contributed by atoms with Crippen LogP contribution < -0.4 is 0 Å². The third-order valence-electron chi connectivity index (χ3n) is 12.0. The van der Waals surface area contributed by atoms with Crippen LogP contribution >= 0.6 is 0 Å². The molecular formula is C37H65NO4Si3. The summed E-state index contributed by atoms with van der Waals surface area (Å²) in [5, 5.41) is 4.89. The first kappa shape index (κ1) is 35.5. The van der Waals surface area contributed by atoms with Crippen LogP contribution in [-0.4, -0.2) is 48.5 Å². The van der Waals surface area contributed by atoms with Gasteiger partial charge in [0.1, 0.15) is 12.2 Å². The maximum atomic E-state index is 7.44. The van der Waals surface area contributed by atoms with Crippen molar-refractivity contribution >= 4 is 30.7 Å². The fourth-order valence-electron chi connectivity index (χ4n) is 10.7. The van der Waals surface area contributed by atoms with E-state index in [0.29, 0.717) is 35.9 Å². The molecule has 4 fully saturated rings. The number of hydrogen-bond donors (Lipinski definition) is 0. The van der Waals surface area contributed by atoms with E-state index in [-0.39, 0.29) is 11.5 Å². The Hall–Kier alpha value is -0.779. The van der Waals surface area contributed by atoms with Crippen LogP contribution in [-0.2, 0) is 24.7 Å². The molecule has 0 saturated heterocycles. The van der Waals surface area contributed by atoms with Gasteiger partial charge in [0.2, 0.25) is 0 Å². The van der Waals surface area contributed by atoms with E-state index in [0.717, 1.165) is 30.0 Å². The summed E-state index contributed by atoms with van der Waals surface area (Å²) in [7, 11) is -5.32. The Balaban J connectivity index is 1.50. The average Bonchev–Trinajstić information content (AvgIpc) is 3.18. The summed E-state index contributed by atoms with van der Waals surface area (Å²) in [6, 6.07) is 10.4. The monoisotopic (exact) mass is 671 g/mol. The molecule has 0 N–H and O–H groups in total. The lowest BCUT2D eigenvalue weighted by Gasteiger charge is -2.65. The zero-order chi connectivity index (χ0) is 33.1. The zero-order valence-electron chi connectivity index (χ0n) is 30.8. The third-order valence-corrected chi connectivity index (χ3v) is 15.0. The summed E-state index contributed by atoms with van der Waals surface area (Å²) in [4.78, 5) is 6.09. The number of nitrogens with zero attached hydrogens (tertiary/aromatic N) is 1. The summed E-state index contributed by atoms with van der Waals surface area (Å²) in [5.74, 6) is 2.59. The highest BCUT2D eigenvalue weighted by molar-refractivity contribution is 6.70. The van der Waals surface area contributed by atoms with Crippen molar-refractivity contribution in [3.63, 3.8) is 0 Å². The molecule has 4 saturated carbocycles. The van der Waals surface area contributed by atoms with E-state index < -0.39 is 30.6 Å². The lowest BCUT2D eigenvalue weighted by atomic mass is 9.43. The molecule has 1 aromatic carbocycles. The van der Waals surface area contributed by atoms with Gasteiger partial charge in [-0.05, 0) is 152 Å². The predicted octanol–water partition coefficient (Wildman–Crippen LogP) is 10.3.